The topological polar surface area (TPSA) is 98.0 Å². The molecule has 1 fully saturated rings. The van der Waals surface area contributed by atoms with Gasteiger partial charge in [0.1, 0.15) is 0 Å². The van der Waals surface area contributed by atoms with E-state index in [2.05, 4.69) is 15.3 Å². The van der Waals surface area contributed by atoms with Crippen LogP contribution in [0.4, 0.5) is 11.6 Å². The molecule has 3 N–H and O–H groups in total. The second-order valence-electron chi connectivity index (χ2n) is 3.80. The molecule has 1 aliphatic rings. The van der Waals surface area contributed by atoms with E-state index in [1.165, 1.54) is 12.4 Å². The van der Waals surface area contributed by atoms with Gasteiger partial charge in [-0.3, -0.25) is 0 Å². The van der Waals surface area contributed by atoms with E-state index in [0.29, 0.717) is 18.8 Å². The largest absolute Gasteiger partial charge is 0.381 e. The summed E-state index contributed by atoms with van der Waals surface area (Å²) < 4.78 is 23.1. The van der Waals surface area contributed by atoms with Gasteiger partial charge in [-0.1, -0.05) is 0 Å². The smallest absolute Gasteiger partial charge is 0.168 e. The molecule has 0 amide bonds. The monoisotopic (exact) mass is 242 g/mol. The zero-order valence-corrected chi connectivity index (χ0v) is 9.57. The van der Waals surface area contributed by atoms with Gasteiger partial charge in [0.25, 0.3) is 0 Å². The zero-order valence-electron chi connectivity index (χ0n) is 8.76. The average molecular weight is 242 g/mol. The van der Waals surface area contributed by atoms with Gasteiger partial charge in [0, 0.05) is 18.9 Å². The minimum Gasteiger partial charge on any atom is -0.381 e. The molecule has 2 heterocycles. The van der Waals surface area contributed by atoms with Crippen molar-refractivity contribution in [2.24, 2.45) is 0 Å². The van der Waals surface area contributed by atoms with E-state index in [1.54, 1.807) is 0 Å². The van der Waals surface area contributed by atoms with Gasteiger partial charge < -0.3 is 11.1 Å². The van der Waals surface area contributed by atoms with Crippen LogP contribution in [0.15, 0.2) is 12.4 Å². The number of nitrogen functional groups attached to an aromatic ring is 1. The third-order valence-corrected chi connectivity index (χ3v) is 4.96. The first kappa shape index (κ1) is 11.1. The molecule has 6 nitrogen and oxygen atoms in total. The van der Waals surface area contributed by atoms with Crippen LogP contribution in [0.25, 0.3) is 0 Å². The molecule has 0 radical (unpaired) electrons. The lowest BCUT2D eigenvalue weighted by Gasteiger charge is -2.11. The maximum Gasteiger partial charge on any atom is 0.168 e. The minimum atomic E-state index is -2.92. The first-order valence-electron chi connectivity index (χ1n) is 5.11. The molecule has 1 saturated heterocycles. The van der Waals surface area contributed by atoms with Crippen molar-refractivity contribution in [3.05, 3.63) is 12.4 Å². The van der Waals surface area contributed by atoms with E-state index in [9.17, 15) is 8.42 Å². The Balaban J connectivity index is 2.01. The Kier molecular flexibility index (Phi) is 2.95. The van der Waals surface area contributed by atoms with Gasteiger partial charge >= 0.3 is 0 Å². The van der Waals surface area contributed by atoms with Gasteiger partial charge in [-0.15, -0.1) is 0 Å². The van der Waals surface area contributed by atoms with Crippen LogP contribution in [0.3, 0.4) is 0 Å². The average Bonchev–Trinajstić information content (AvgIpc) is 2.57. The number of hydrogen-bond acceptors (Lipinski definition) is 6. The normalized spacial score (nSPS) is 23.1. The van der Waals surface area contributed by atoms with Crippen molar-refractivity contribution in [3.63, 3.8) is 0 Å². The Labute approximate surface area is 94.2 Å². The summed E-state index contributed by atoms with van der Waals surface area (Å²) in [6.45, 7) is 0.352. The first-order chi connectivity index (χ1) is 7.59. The Morgan fingerprint density at radius 2 is 2.19 bits per heavy atom. The van der Waals surface area contributed by atoms with Gasteiger partial charge in [-0.2, -0.15) is 0 Å². The van der Waals surface area contributed by atoms with Gasteiger partial charge in [0.15, 0.2) is 21.5 Å². The quantitative estimate of drug-likeness (QED) is 0.777. The molecule has 0 saturated carbocycles. The highest BCUT2D eigenvalue weighted by molar-refractivity contribution is 7.92. The van der Waals surface area contributed by atoms with Gasteiger partial charge in [0.2, 0.25) is 0 Å². The molecule has 0 spiro atoms. The Morgan fingerprint density at radius 1 is 1.44 bits per heavy atom. The molecule has 0 aromatic carbocycles. The molecule has 1 aliphatic heterocycles. The summed E-state index contributed by atoms with van der Waals surface area (Å²) in [6, 6.07) is 0. The summed E-state index contributed by atoms with van der Waals surface area (Å²) in [7, 11) is -2.92. The van der Waals surface area contributed by atoms with Crippen LogP contribution in [0.1, 0.15) is 12.8 Å². The van der Waals surface area contributed by atoms with Crippen molar-refractivity contribution >= 4 is 21.5 Å². The van der Waals surface area contributed by atoms with Crippen LogP contribution >= 0.6 is 0 Å². The van der Waals surface area contributed by atoms with Crippen LogP contribution in [-0.2, 0) is 9.84 Å². The van der Waals surface area contributed by atoms with Gasteiger partial charge in [0.05, 0.1) is 11.0 Å². The maximum absolute atomic E-state index is 11.6. The molecular weight excluding hydrogens is 228 g/mol. The fourth-order valence-corrected chi connectivity index (χ4v) is 3.55. The predicted octanol–water partition coefficient (Wildman–Crippen LogP) is 0.0479. The van der Waals surface area contributed by atoms with Crippen LogP contribution < -0.4 is 11.1 Å². The van der Waals surface area contributed by atoms with Crippen molar-refractivity contribution in [2.75, 3.05) is 23.3 Å². The molecule has 1 unspecified atom stereocenters. The summed E-state index contributed by atoms with van der Waals surface area (Å²) >= 11 is 0. The SMILES string of the molecule is Nc1nccnc1NCC1CCCS1(=O)=O. The van der Waals surface area contributed by atoms with Crippen LogP contribution in [0.2, 0.25) is 0 Å². The molecule has 2 rings (SSSR count). The molecule has 1 atom stereocenters. The van der Waals surface area contributed by atoms with E-state index >= 15 is 0 Å². The summed E-state index contributed by atoms with van der Waals surface area (Å²) in [6.07, 6.45) is 4.45. The Morgan fingerprint density at radius 3 is 2.81 bits per heavy atom. The van der Waals surface area contributed by atoms with Crippen molar-refractivity contribution < 1.29 is 8.42 Å². The third-order valence-electron chi connectivity index (χ3n) is 2.69. The van der Waals surface area contributed by atoms with E-state index in [1.807, 2.05) is 0 Å². The third kappa shape index (κ3) is 2.24. The number of nitrogens with zero attached hydrogens (tertiary/aromatic N) is 2. The maximum atomic E-state index is 11.6. The van der Waals surface area contributed by atoms with E-state index in [4.69, 9.17) is 5.73 Å². The van der Waals surface area contributed by atoms with Crippen LogP contribution in [-0.4, -0.2) is 35.9 Å². The number of hydrogen-bond donors (Lipinski definition) is 2. The lowest BCUT2D eigenvalue weighted by molar-refractivity contribution is 0.591. The van der Waals surface area contributed by atoms with Crippen molar-refractivity contribution in [2.45, 2.75) is 18.1 Å². The summed E-state index contributed by atoms with van der Waals surface area (Å²) in [4.78, 5) is 7.86. The molecule has 16 heavy (non-hydrogen) atoms. The minimum absolute atomic E-state index is 0.287. The number of aromatic nitrogens is 2. The molecule has 7 heteroatoms. The number of sulfone groups is 1. The van der Waals surface area contributed by atoms with Crippen molar-refractivity contribution in [3.8, 4) is 0 Å². The standard InChI is InChI=1S/C9H14N4O2S/c10-8-9(12-4-3-11-8)13-6-7-2-1-5-16(7,14)15/h3-4,7H,1-2,5-6H2,(H2,10,11)(H,12,13). The number of nitrogens with one attached hydrogen (secondary N) is 1. The Bertz CT molecular complexity index is 474. The van der Waals surface area contributed by atoms with Crippen LogP contribution in [0.5, 0.6) is 0 Å². The number of rotatable bonds is 3. The highest BCUT2D eigenvalue weighted by atomic mass is 32.2. The Hall–Kier alpha value is -1.37. The summed E-state index contributed by atoms with van der Waals surface area (Å²) in [5.41, 5.74) is 5.59. The van der Waals surface area contributed by atoms with Crippen molar-refractivity contribution in [1.82, 2.24) is 9.97 Å². The predicted molar refractivity (Wildman–Crippen MR) is 61.7 cm³/mol. The fraction of sp³-hybridized carbons (Fsp3) is 0.556. The lowest BCUT2D eigenvalue weighted by atomic mass is 10.2. The highest BCUT2D eigenvalue weighted by Gasteiger charge is 2.30. The molecule has 88 valence electrons. The van der Waals surface area contributed by atoms with E-state index in [-0.39, 0.29) is 16.8 Å². The molecular formula is C9H14N4O2S. The number of anilines is 2. The van der Waals surface area contributed by atoms with Crippen molar-refractivity contribution in [1.29, 1.82) is 0 Å². The highest BCUT2D eigenvalue weighted by Crippen LogP contribution is 2.20. The number of nitrogens with two attached hydrogens (primary N) is 1. The fourth-order valence-electron chi connectivity index (χ4n) is 1.78. The van der Waals surface area contributed by atoms with Crippen LogP contribution in [0, 0.1) is 0 Å². The van der Waals surface area contributed by atoms with Gasteiger partial charge in [-0.25, -0.2) is 18.4 Å². The second-order valence-corrected chi connectivity index (χ2v) is 6.20. The van der Waals surface area contributed by atoms with E-state index in [0.717, 1.165) is 6.42 Å². The molecule has 1 aromatic heterocycles. The molecule has 0 aliphatic carbocycles. The zero-order chi connectivity index (χ0) is 11.6. The first-order valence-corrected chi connectivity index (χ1v) is 6.83. The summed E-state index contributed by atoms with van der Waals surface area (Å²) in [5, 5.41) is 2.61. The molecule has 0 bridgehead atoms. The van der Waals surface area contributed by atoms with E-state index < -0.39 is 9.84 Å². The van der Waals surface area contributed by atoms with Gasteiger partial charge in [-0.05, 0) is 12.8 Å². The lowest BCUT2D eigenvalue weighted by Crippen LogP contribution is -2.25. The molecule has 1 aromatic rings. The summed E-state index contributed by atoms with van der Waals surface area (Å²) in [5.74, 6) is 1.03. The second kappa shape index (κ2) is 4.25.